The molecular weight excluding hydrogens is 212 g/mol. The van der Waals surface area contributed by atoms with Crippen LogP contribution in [0.15, 0.2) is 0 Å². The molecule has 3 nitrogen and oxygen atoms in total. The molecule has 1 rings (SSSR count). The highest BCUT2D eigenvalue weighted by Crippen LogP contribution is 2.30. The molecule has 17 heavy (non-hydrogen) atoms. The predicted octanol–water partition coefficient (Wildman–Crippen LogP) is 2.11. The van der Waals surface area contributed by atoms with E-state index in [0.29, 0.717) is 18.1 Å². The third-order valence-electron chi connectivity index (χ3n) is 4.00. The van der Waals surface area contributed by atoms with Crippen LogP contribution in [-0.2, 0) is 4.74 Å². The summed E-state index contributed by atoms with van der Waals surface area (Å²) in [4.78, 5) is 2.53. The second-order valence-corrected chi connectivity index (χ2v) is 6.71. The summed E-state index contributed by atoms with van der Waals surface area (Å²) in [5, 5.41) is 0. The van der Waals surface area contributed by atoms with Gasteiger partial charge in [-0.25, -0.2) is 0 Å². The molecule has 2 N–H and O–H groups in total. The topological polar surface area (TPSA) is 38.5 Å². The van der Waals surface area contributed by atoms with E-state index in [1.165, 1.54) is 6.42 Å². The van der Waals surface area contributed by atoms with E-state index < -0.39 is 0 Å². The molecule has 0 amide bonds. The van der Waals surface area contributed by atoms with E-state index in [1.807, 2.05) is 7.11 Å². The van der Waals surface area contributed by atoms with Gasteiger partial charge in [-0.15, -0.1) is 0 Å². The first-order chi connectivity index (χ1) is 7.77. The molecule has 1 saturated heterocycles. The maximum atomic E-state index is 6.19. The number of hydrogen-bond donors (Lipinski definition) is 1. The largest absolute Gasteiger partial charge is 0.380 e. The Hall–Kier alpha value is -0.120. The van der Waals surface area contributed by atoms with Gasteiger partial charge in [0.05, 0.1) is 6.10 Å². The van der Waals surface area contributed by atoms with Crippen LogP contribution in [0.1, 0.15) is 41.0 Å². The first-order valence-corrected chi connectivity index (χ1v) is 6.79. The fourth-order valence-electron chi connectivity index (χ4n) is 3.29. The minimum atomic E-state index is 0.195. The van der Waals surface area contributed by atoms with Gasteiger partial charge in [0, 0.05) is 25.7 Å². The van der Waals surface area contributed by atoms with Crippen LogP contribution in [0, 0.1) is 11.3 Å². The lowest BCUT2D eigenvalue weighted by Gasteiger charge is -2.47. The lowest BCUT2D eigenvalue weighted by Crippen LogP contribution is -2.58. The number of nitrogens with zero attached hydrogens (tertiary/aromatic N) is 1. The number of methoxy groups -OCH3 is 1. The van der Waals surface area contributed by atoms with Gasteiger partial charge < -0.3 is 10.5 Å². The molecule has 0 aliphatic carbocycles. The molecule has 0 aromatic rings. The Morgan fingerprint density at radius 3 is 2.35 bits per heavy atom. The van der Waals surface area contributed by atoms with Gasteiger partial charge in [-0.1, -0.05) is 27.7 Å². The normalized spacial score (nSPS) is 31.2. The molecule has 0 bridgehead atoms. The minimum absolute atomic E-state index is 0.195. The Morgan fingerprint density at radius 1 is 1.35 bits per heavy atom. The number of nitrogens with two attached hydrogens (primary N) is 1. The monoisotopic (exact) mass is 242 g/mol. The zero-order valence-electron chi connectivity index (χ0n) is 12.4. The average molecular weight is 242 g/mol. The van der Waals surface area contributed by atoms with Crippen molar-refractivity contribution < 1.29 is 4.74 Å². The molecule has 0 aromatic carbocycles. The van der Waals surface area contributed by atoms with Crippen molar-refractivity contribution in [2.24, 2.45) is 17.1 Å². The number of ether oxygens (including phenoxy) is 1. The van der Waals surface area contributed by atoms with Crippen LogP contribution < -0.4 is 5.73 Å². The summed E-state index contributed by atoms with van der Waals surface area (Å²) >= 11 is 0. The quantitative estimate of drug-likeness (QED) is 0.824. The second kappa shape index (κ2) is 5.68. The number of hydrogen-bond acceptors (Lipinski definition) is 3. The maximum absolute atomic E-state index is 6.19. The van der Waals surface area contributed by atoms with Gasteiger partial charge in [0.15, 0.2) is 0 Å². The fourth-order valence-corrected chi connectivity index (χ4v) is 3.29. The molecule has 4 unspecified atom stereocenters. The lowest BCUT2D eigenvalue weighted by molar-refractivity contribution is -0.0411. The zero-order chi connectivity index (χ0) is 13.2. The summed E-state index contributed by atoms with van der Waals surface area (Å²) < 4.78 is 5.59. The van der Waals surface area contributed by atoms with Gasteiger partial charge in [-0.05, 0) is 31.2 Å². The van der Waals surface area contributed by atoms with Crippen LogP contribution in [0.2, 0.25) is 0 Å². The van der Waals surface area contributed by atoms with Gasteiger partial charge in [0.25, 0.3) is 0 Å². The zero-order valence-corrected chi connectivity index (χ0v) is 12.4. The molecule has 0 spiro atoms. The molecule has 1 heterocycles. The summed E-state index contributed by atoms with van der Waals surface area (Å²) in [6, 6.07) is 0.619. The SMILES string of the molecule is COC1CN(C(C(C)N)C(C)(C)C)CCC1C. The molecule has 4 atom stereocenters. The lowest BCUT2D eigenvalue weighted by atomic mass is 9.80. The first-order valence-electron chi connectivity index (χ1n) is 6.79. The maximum Gasteiger partial charge on any atom is 0.0724 e. The van der Waals surface area contributed by atoms with Crippen molar-refractivity contribution in [1.29, 1.82) is 0 Å². The molecule has 102 valence electrons. The van der Waals surface area contributed by atoms with Crippen molar-refractivity contribution in [2.75, 3.05) is 20.2 Å². The van der Waals surface area contributed by atoms with Gasteiger partial charge in [-0.3, -0.25) is 4.90 Å². The van der Waals surface area contributed by atoms with E-state index in [-0.39, 0.29) is 11.5 Å². The summed E-state index contributed by atoms with van der Waals surface area (Å²) in [6.07, 6.45) is 1.56. The van der Waals surface area contributed by atoms with Crippen LogP contribution in [-0.4, -0.2) is 43.3 Å². The van der Waals surface area contributed by atoms with Gasteiger partial charge in [0.2, 0.25) is 0 Å². The van der Waals surface area contributed by atoms with Gasteiger partial charge in [-0.2, -0.15) is 0 Å². The first kappa shape index (κ1) is 14.9. The molecule has 3 heteroatoms. The van der Waals surface area contributed by atoms with E-state index in [2.05, 4.69) is 39.5 Å². The molecule has 0 saturated carbocycles. The summed E-state index contributed by atoms with van der Waals surface area (Å²) in [7, 11) is 1.82. The van der Waals surface area contributed by atoms with Crippen LogP contribution in [0.5, 0.6) is 0 Å². The molecule has 0 radical (unpaired) electrons. The van der Waals surface area contributed by atoms with Crippen LogP contribution >= 0.6 is 0 Å². The van der Waals surface area contributed by atoms with Gasteiger partial charge >= 0.3 is 0 Å². The Balaban J connectivity index is 2.76. The van der Waals surface area contributed by atoms with E-state index in [9.17, 15) is 0 Å². The van der Waals surface area contributed by atoms with E-state index in [4.69, 9.17) is 10.5 Å². The van der Waals surface area contributed by atoms with Crippen molar-refractivity contribution in [2.45, 2.75) is 59.2 Å². The van der Waals surface area contributed by atoms with Crippen molar-refractivity contribution in [3.8, 4) is 0 Å². The van der Waals surface area contributed by atoms with Crippen LogP contribution in [0.4, 0.5) is 0 Å². The third-order valence-corrected chi connectivity index (χ3v) is 4.00. The molecule has 1 aliphatic heterocycles. The predicted molar refractivity (Wildman–Crippen MR) is 73.0 cm³/mol. The highest BCUT2D eigenvalue weighted by Gasteiger charge is 2.37. The smallest absolute Gasteiger partial charge is 0.0724 e. The molecule has 1 aliphatic rings. The average Bonchev–Trinajstić information content (AvgIpc) is 2.18. The highest BCUT2D eigenvalue weighted by molar-refractivity contribution is 4.92. The van der Waals surface area contributed by atoms with E-state index in [0.717, 1.165) is 13.1 Å². The number of rotatable bonds is 3. The second-order valence-electron chi connectivity index (χ2n) is 6.71. The Bertz CT molecular complexity index is 235. The highest BCUT2D eigenvalue weighted by atomic mass is 16.5. The van der Waals surface area contributed by atoms with Crippen LogP contribution in [0.3, 0.4) is 0 Å². The Kier molecular flexibility index (Phi) is 4.99. The van der Waals surface area contributed by atoms with Crippen molar-refractivity contribution in [1.82, 2.24) is 4.90 Å². The number of likely N-dealkylation sites (tertiary alicyclic amines) is 1. The Labute approximate surface area is 107 Å². The molecular formula is C14H30N2O. The van der Waals surface area contributed by atoms with E-state index in [1.54, 1.807) is 0 Å². The van der Waals surface area contributed by atoms with Crippen molar-refractivity contribution in [3.63, 3.8) is 0 Å². The van der Waals surface area contributed by atoms with Gasteiger partial charge in [0.1, 0.15) is 0 Å². The molecule has 1 fully saturated rings. The summed E-state index contributed by atoms with van der Waals surface area (Å²) in [5.74, 6) is 0.657. The standard InChI is InChI=1S/C14H30N2O/c1-10-7-8-16(9-12(10)17-6)13(11(2)15)14(3,4)5/h10-13H,7-9,15H2,1-6H3. The number of piperidine rings is 1. The van der Waals surface area contributed by atoms with E-state index >= 15 is 0 Å². The fraction of sp³-hybridized carbons (Fsp3) is 1.00. The van der Waals surface area contributed by atoms with Crippen molar-refractivity contribution in [3.05, 3.63) is 0 Å². The van der Waals surface area contributed by atoms with Crippen molar-refractivity contribution >= 4 is 0 Å². The molecule has 0 aromatic heterocycles. The minimum Gasteiger partial charge on any atom is -0.380 e. The summed E-state index contributed by atoms with van der Waals surface area (Å²) in [6.45, 7) is 13.4. The van der Waals surface area contributed by atoms with Crippen LogP contribution in [0.25, 0.3) is 0 Å². The summed E-state index contributed by atoms with van der Waals surface area (Å²) in [5.41, 5.74) is 6.41. The third kappa shape index (κ3) is 3.67. The Morgan fingerprint density at radius 2 is 1.94 bits per heavy atom.